The third-order valence-corrected chi connectivity index (χ3v) is 6.23. The van der Waals surface area contributed by atoms with E-state index in [4.69, 9.17) is 20.8 Å². The molecule has 7 heteroatoms. The van der Waals surface area contributed by atoms with Gasteiger partial charge < -0.3 is 14.3 Å². The van der Waals surface area contributed by atoms with Crippen molar-refractivity contribution in [2.24, 2.45) is 0 Å². The van der Waals surface area contributed by atoms with Gasteiger partial charge in [-0.1, -0.05) is 38.4 Å². The van der Waals surface area contributed by atoms with Gasteiger partial charge in [0, 0.05) is 10.7 Å². The zero-order chi connectivity index (χ0) is 24.8. The minimum atomic E-state index is -0.960. The highest BCUT2D eigenvalue weighted by atomic mass is 35.5. The van der Waals surface area contributed by atoms with E-state index in [1.165, 1.54) is 18.3 Å². The molecule has 0 spiro atoms. The summed E-state index contributed by atoms with van der Waals surface area (Å²) in [5.74, 6) is -1.16. The number of methoxy groups -OCH3 is 1. The van der Waals surface area contributed by atoms with Crippen molar-refractivity contribution in [2.75, 3.05) is 12.0 Å². The van der Waals surface area contributed by atoms with Crippen molar-refractivity contribution in [1.29, 1.82) is 0 Å². The zero-order valence-electron chi connectivity index (χ0n) is 19.7. The lowest BCUT2D eigenvalue weighted by atomic mass is 9.85. The second-order valence-electron chi connectivity index (χ2n) is 9.28. The number of rotatable bonds is 4. The van der Waals surface area contributed by atoms with Crippen LogP contribution in [0, 0.1) is 6.92 Å². The van der Waals surface area contributed by atoms with Gasteiger partial charge in [0.2, 0.25) is 0 Å². The summed E-state index contributed by atoms with van der Waals surface area (Å²) in [5.41, 5.74) is 2.19. The second-order valence-corrected chi connectivity index (χ2v) is 9.72. The number of halogens is 1. The van der Waals surface area contributed by atoms with Crippen molar-refractivity contribution < 1.29 is 23.8 Å². The van der Waals surface area contributed by atoms with Crippen molar-refractivity contribution in [3.8, 4) is 5.75 Å². The molecule has 1 unspecified atom stereocenters. The summed E-state index contributed by atoms with van der Waals surface area (Å²) in [7, 11) is 1.49. The quantitative estimate of drug-likeness (QED) is 0.275. The number of amides is 1. The highest BCUT2D eigenvalue weighted by Gasteiger charge is 2.49. The van der Waals surface area contributed by atoms with Crippen LogP contribution >= 0.6 is 11.6 Å². The number of hydrogen-bond acceptors (Lipinski definition) is 5. The number of aliphatic hydroxyl groups excluding tert-OH is 1. The van der Waals surface area contributed by atoms with Gasteiger partial charge in [0.1, 0.15) is 23.3 Å². The molecule has 1 aromatic heterocycles. The van der Waals surface area contributed by atoms with Gasteiger partial charge in [0.25, 0.3) is 11.7 Å². The van der Waals surface area contributed by atoms with Crippen LogP contribution < -0.4 is 9.64 Å². The van der Waals surface area contributed by atoms with Crippen LogP contribution in [-0.4, -0.2) is 23.9 Å². The molecular formula is C27H26ClNO5. The van der Waals surface area contributed by atoms with Crippen LogP contribution in [0.1, 0.15) is 49.3 Å². The van der Waals surface area contributed by atoms with Gasteiger partial charge in [-0.15, -0.1) is 0 Å². The van der Waals surface area contributed by atoms with Crippen LogP contribution in [0.5, 0.6) is 5.75 Å². The molecule has 1 fully saturated rings. The number of benzene rings is 2. The minimum Gasteiger partial charge on any atom is -0.507 e. The Bertz CT molecular complexity index is 1300. The molecule has 6 nitrogen and oxygen atoms in total. The number of carbonyl (C=O) groups is 2. The Morgan fingerprint density at radius 2 is 1.85 bits per heavy atom. The van der Waals surface area contributed by atoms with Crippen molar-refractivity contribution in [3.63, 3.8) is 0 Å². The maximum Gasteiger partial charge on any atom is 0.300 e. The smallest absolute Gasteiger partial charge is 0.300 e. The van der Waals surface area contributed by atoms with Gasteiger partial charge in [0.05, 0.1) is 24.5 Å². The molecule has 3 aromatic rings. The molecular weight excluding hydrogens is 454 g/mol. The van der Waals surface area contributed by atoms with Crippen molar-refractivity contribution in [1.82, 2.24) is 0 Å². The van der Waals surface area contributed by atoms with E-state index < -0.39 is 17.7 Å². The molecule has 34 heavy (non-hydrogen) atoms. The van der Waals surface area contributed by atoms with Crippen molar-refractivity contribution in [3.05, 3.63) is 87.8 Å². The van der Waals surface area contributed by atoms with Gasteiger partial charge in [-0.2, -0.15) is 0 Å². The number of nitrogens with zero attached hydrogens (tertiary/aromatic N) is 1. The van der Waals surface area contributed by atoms with E-state index in [0.29, 0.717) is 33.3 Å². The normalized spacial score (nSPS) is 17.9. The van der Waals surface area contributed by atoms with Crippen LogP contribution in [0.4, 0.5) is 5.69 Å². The first-order chi connectivity index (χ1) is 16.0. The van der Waals surface area contributed by atoms with Crippen molar-refractivity contribution >= 4 is 34.7 Å². The Balaban J connectivity index is 1.98. The number of aliphatic hydroxyl groups is 1. The first-order valence-corrected chi connectivity index (χ1v) is 11.2. The molecule has 1 atom stereocenters. The van der Waals surface area contributed by atoms with E-state index in [9.17, 15) is 14.7 Å². The molecule has 0 bridgehead atoms. The molecule has 0 aliphatic carbocycles. The SMILES string of the molecule is COc1ccc(C(C)(C)C)cc1/C(O)=C1\C(=O)C(=O)N(c2ccc(Cl)cc2C)C1c1ccco1. The van der Waals surface area contributed by atoms with Crippen LogP contribution in [0.25, 0.3) is 5.76 Å². The van der Waals surface area contributed by atoms with Crippen molar-refractivity contribution in [2.45, 2.75) is 39.2 Å². The maximum atomic E-state index is 13.4. The van der Waals surface area contributed by atoms with Gasteiger partial charge in [-0.25, -0.2) is 0 Å². The lowest BCUT2D eigenvalue weighted by molar-refractivity contribution is -0.132. The number of furan rings is 1. The minimum absolute atomic E-state index is 0.0707. The number of Topliss-reactive ketones (excluding diaryl/α,β-unsaturated/α-hetero) is 1. The summed E-state index contributed by atoms with van der Waals surface area (Å²) in [6.07, 6.45) is 1.46. The summed E-state index contributed by atoms with van der Waals surface area (Å²) in [6, 6.07) is 12.9. The lowest BCUT2D eigenvalue weighted by Crippen LogP contribution is -2.29. The number of anilines is 1. The molecule has 2 heterocycles. The van der Waals surface area contributed by atoms with Gasteiger partial charge in [-0.05, 0) is 65.9 Å². The highest BCUT2D eigenvalue weighted by Crippen LogP contribution is 2.45. The van der Waals surface area contributed by atoms with Gasteiger partial charge in [-0.3, -0.25) is 14.5 Å². The van der Waals surface area contributed by atoms with Gasteiger partial charge in [0.15, 0.2) is 0 Å². The third-order valence-electron chi connectivity index (χ3n) is 6.00. The number of ketones is 1. The predicted octanol–water partition coefficient (Wildman–Crippen LogP) is 6.17. The molecule has 1 amide bonds. The largest absolute Gasteiger partial charge is 0.507 e. The summed E-state index contributed by atoms with van der Waals surface area (Å²) >= 11 is 6.12. The molecule has 0 saturated carbocycles. The van der Waals surface area contributed by atoms with Crippen LogP contribution in [-0.2, 0) is 15.0 Å². The van der Waals surface area contributed by atoms with E-state index in [1.54, 1.807) is 49.4 Å². The van der Waals surface area contributed by atoms with E-state index in [1.807, 2.05) is 26.8 Å². The Hall–Kier alpha value is -3.51. The molecule has 1 saturated heterocycles. The Labute approximate surface area is 203 Å². The highest BCUT2D eigenvalue weighted by molar-refractivity contribution is 6.51. The van der Waals surface area contributed by atoms with Gasteiger partial charge >= 0.3 is 0 Å². The summed E-state index contributed by atoms with van der Waals surface area (Å²) < 4.78 is 11.1. The van der Waals surface area contributed by atoms with E-state index in [-0.39, 0.29) is 16.7 Å². The van der Waals surface area contributed by atoms with Crippen LogP contribution in [0.2, 0.25) is 5.02 Å². The molecule has 1 aliphatic heterocycles. The van der Waals surface area contributed by atoms with E-state index in [2.05, 4.69) is 0 Å². The summed E-state index contributed by atoms with van der Waals surface area (Å²) in [6.45, 7) is 7.94. The fourth-order valence-corrected chi connectivity index (χ4v) is 4.42. The second kappa shape index (κ2) is 8.69. The maximum absolute atomic E-state index is 13.4. The monoisotopic (exact) mass is 479 g/mol. The molecule has 4 rings (SSSR count). The van der Waals surface area contributed by atoms with E-state index in [0.717, 1.165) is 5.56 Å². The number of carbonyl (C=O) groups excluding carboxylic acids is 2. The number of ether oxygens (including phenoxy) is 1. The predicted molar refractivity (Wildman–Crippen MR) is 131 cm³/mol. The fraction of sp³-hybridized carbons (Fsp3) is 0.259. The zero-order valence-corrected chi connectivity index (χ0v) is 20.4. The summed E-state index contributed by atoms with van der Waals surface area (Å²) in [5, 5.41) is 12.0. The average Bonchev–Trinajstić information content (AvgIpc) is 3.40. The molecule has 1 aliphatic rings. The molecule has 176 valence electrons. The topological polar surface area (TPSA) is 80.0 Å². The van der Waals surface area contributed by atoms with Crippen LogP contribution in [0.3, 0.4) is 0 Å². The standard InChI is InChI=1S/C27H26ClNO5/c1-15-13-17(28)9-10-19(15)29-23(21-7-6-12-34-21)22(25(31)26(29)32)24(30)18-14-16(27(2,3)4)8-11-20(18)33-5/h6-14,23,30H,1-5H3/b24-22+. The van der Waals surface area contributed by atoms with Crippen LogP contribution in [0.15, 0.2) is 64.8 Å². The Kier molecular flexibility index (Phi) is 6.04. The lowest BCUT2D eigenvalue weighted by Gasteiger charge is -2.25. The van der Waals surface area contributed by atoms with E-state index >= 15 is 0 Å². The number of aryl methyl sites for hydroxylation is 1. The first-order valence-electron chi connectivity index (χ1n) is 10.8. The Morgan fingerprint density at radius 1 is 1.12 bits per heavy atom. The average molecular weight is 480 g/mol. The summed E-state index contributed by atoms with van der Waals surface area (Å²) in [4.78, 5) is 28.0. The molecule has 0 radical (unpaired) electrons. The first kappa shape index (κ1) is 23.6. The number of hydrogen-bond donors (Lipinski definition) is 1. The molecule has 1 N–H and O–H groups in total. The molecule has 2 aromatic carbocycles. The fourth-order valence-electron chi connectivity index (χ4n) is 4.19. The third kappa shape index (κ3) is 3.99. The Morgan fingerprint density at radius 3 is 2.44 bits per heavy atom.